The highest BCUT2D eigenvalue weighted by Crippen LogP contribution is 2.24. The second-order valence-corrected chi connectivity index (χ2v) is 4.46. The minimum absolute atomic E-state index is 0.0755. The van der Waals surface area contributed by atoms with E-state index < -0.39 is 5.82 Å². The molecular formula is C16H11FO2. The van der Waals surface area contributed by atoms with Gasteiger partial charge in [0.1, 0.15) is 17.7 Å². The van der Waals surface area contributed by atoms with E-state index in [1.165, 1.54) is 12.3 Å². The molecular weight excluding hydrogens is 243 g/mol. The maximum absolute atomic E-state index is 13.8. The Bertz CT molecular complexity index is 771. The predicted molar refractivity (Wildman–Crippen MR) is 70.8 cm³/mol. The minimum Gasteiger partial charge on any atom is -0.464 e. The number of ketones is 1. The van der Waals surface area contributed by atoms with Gasteiger partial charge in [0.05, 0.1) is 11.1 Å². The molecule has 1 heterocycles. The summed E-state index contributed by atoms with van der Waals surface area (Å²) in [5, 5.41) is 0.702. The van der Waals surface area contributed by atoms with Crippen molar-refractivity contribution in [3.63, 3.8) is 0 Å². The van der Waals surface area contributed by atoms with Crippen molar-refractivity contribution in [1.29, 1.82) is 0 Å². The summed E-state index contributed by atoms with van der Waals surface area (Å²) in [6, 6.07) is 11.7. The van der Waals surface area contributed by atoms with Gasteiger partial charge in [-0.2, -0.15) is 0 Å². The van der Waals surface area contributed by atoms with Crippen LogP contribution in [-0.2, 0) is 0 Å². The first-order valence-electron chi connectivity index (χ1n) is 5.94. The molecule has 3 rings (SSSR count). The normalized spacial score (nSPS) is 10.8. The first-order valence-corrected chi connectivity index (χ1v) is 5.94. The summed E-state index contributed by atoms with van der Waals surface area (Å²) in [6.45, 7) is 1.82. The maximum atomic E-state index is 13.8. The fraction of sp³-hybridized carbons (Fsp3) is 0.0625. The molecule has 0 saturated heterocycles. The summed E-state index contributed by atoms with van der Waals surface area (Å²) in [5.74, 6) is -0.868. The highest BCUT2D eigenvalue weighted by atomic mass is 19.1. The Morgan fingerprint density at radius 2 is 1.89 bits per heavy atom. The Balaban J connectivity index is 2.16. The van der Waals surface area contributed by atoms with Crippen LogP contribution >= 0.6 is 0 Å². The van der Waals surface area contributed by atoms with E-state index in [2.05, 4.69) is 0 Å². The molecule has 19 heavy (non-hydrogen) atoms. The number of furan rings is 1. The van der Waals surface area contributed by atoms with Crippen molar-refractivity contribution in [3.8, 4) is 0 Å². The van der Waals surface area contributed by atoms with Gasteiger partial charge in [-0.25, -0.2) is 4.39 Å². The van der Waals surface area contributed by atoms with Crippen molar-refractivity contribution in [2.45, 2.75) is 6.92 Å². The van der Waals surface area contributed by atoms with E-state index in [0.717, 1.165) is 5.56 Å². The molecule has 0 N–H and O–H groups in total. The third-order valence-electron chi connectivity index (χ3n) is 3.09. The van der Waals surface area contributed by atoms with E-state index >= 15 is 0 Å². The van der Waals surface area contributed by atoms with Crippen LogP contribution in [0.4, 0.5) is 4.39 Å². The van der Waals surface area contributed by atoms with Crippen LogP contribution in [-0.4, -0.2) is 5.78 Å². The average molecular weight is 254 g/mol. The lowest BCUT2D eigenvalue weighted by Gasteiger charge is -2.02. The highest BCUT2D eigenvalue weighted by molar-refractivity contribution is 6.16. The lowest BCUT2D eigenvalue weighted by atomic mass is 10.0. The van der Waals surface area contributed by atoms with Gasteiger partial charge in [0.2, 0.25) is 0 Å². The van der Waals surface area contributed by atoms with Gasteiger partial charge in [-0.05, 0) is 25.1 Å². The second-order valence-electron chi connectivity index (χ2n) is 4.46. The second kappa shape index (κ2) is 4.35. The lowest BCUT2D eigenvalue weighted by molar-refractivity contribution is 0.103. The summed E-state index contributed by atoms with van der Waals surface area (Å²) in [5.41, 5.74) is 1.93. The Morgan fingerprint density at radius 3 is 2.74 bits per heavy atom. The molecule has 0 aliphatic rings. The number of hydrogen-bond donors (Lipinski definition) is 0. The first-order chi connectivity index (χ1) is 9.16. The van der Waals surface area contributed by atoms with Crippen molar-refractivity contribution >= 4 is 16.8 Å². The van der Waals surface area contributed by atoms with E-state index in [1.807, 2.05) is 19.1 Å². The number of carbonyl (C=O) groups excluding carboxylic acids is 1. The van der Waals surface area contributed by atoms with Crippen LogP contribution in [0.2, 0.25) is 0 Å². The highest BCUT2D eigenvalue weighted by Gasteiger charge is 2.18. The standard InChI is InChI=1S/C16H11FO2/c1-10-6-7-14(17)12(8-10)16(18)13-9-19-15-5-3-2-4-11(13)15/h2-9H,1H3. The van der Waals surface area contributed by atoms with Crippen molar-refractivity contribution < 1.29 is 13.6 Å². The van der Waals surface area contributed by atoms with Gasteiger partial charge in [0, 0.05) is 5.39 Å². The number of halogens is 1. The fourth-order valence-electron chi connectivity index (χ4n) is 2.11. The monoisotopic (exact) mass is 254 g/mol. The number of rotatable bonds is 2. The third-order valence-corrected chi connectivity index (χ3v) is 3.09. The van der Waals surface area contributed by atoms with Gasteiger partial charge < -0.3 is 4.42 Å². The van der Waals surface area contributed by atoms with Crippen molar-refractivity contribution in [2.75, 3.05) is 0 Å². The molecule has 0 fully saturated rings. The van der Waals surface area contributed by atoms with Crippen LogP contribution in [0.1, 0.15) is 21.5 Å². The van der Waals surface area contributed by atoms with Crippen LogP contribution in [0, 0.1) is 12.7 Å². The molecule has 3 heteroatoms. The zero-order valence-electron chi connectivity index (χ0n) is 10.3. The Morgan fingerprint density at radius 1 is 1.11 bits per heavy atom. The van der Waals surface area contributed by atoms with E-state index in [1.54, 1.807) is 24.3 Å². The Labute approximate surface area is 109 Å². The number of hydrogen-bond acceptors (Lipinski definition) is 2. The molecule has 0 amide bonds. The van der Waals surface area contributed by atoms with Gasteiger partial charge in [0.25, 0.3) is 0 Å². The van der Waals surface area contributed by atoms with Gasteiger partial charge in [0.15, 0.2) is 5.78 Å². The molecule has 0 spiro atoms. The molecule has 0 bridgehead atoms. The van der Waals surface area contributed by atoms with Crippen LogP contribution < -0.4 is 0 Å². The summed E-state index contributed by atoms with van der Waals surface area (Å²) < 4.78 is 19.1. The summed E-state index contributed by atoms with van der Waals surface area (Å²) >= 11 is 0. The summed E-state index contributed by atoms with van der Waals surface area (Å²) in [6.07, 6.45) is 1.38. The van der Waals surface area contributed by atoms with E-state index in [-0.39, 0.29) is 11.3 Å². The first kappa shape index (κ1) is 11.7. The fourth-order valence-corrected chi connectivity index (χ4v) is 2.11. The van der Waals surface area contributed by atoms with Gasteiger partial charge in [-0.1, -0.05) is 29.8 Å². The molecule has 0 aliphatic heterocycles. The van der Waals surface area contributed by atoms with Gasteiger partial charge in [-0.15, -0.1) is 0 Å². The number of aryl methyl sites for hydroxylation is 1. The molecule has 3 aromatic rings. The molecule has 0 saturated carbocycles. The zero-order valence-corrected chi connectivity index (χ0v) is 10.3. The van der Waals surface area contributed by atoms with Crippen LogP contribution in [0.5, 0.6) is 0 Å². The van der Waals surface area contributed by atoms with E-state index in [4.69, 9.17) is 4.42 Å². The van der Waals surface area contributed by atoms with Crippen molar-refractivity contribution in [2.24, 2.45) is 0 Å². The Kier molecular flexibility index (Phi) is 2.67. The predicted octanol–water partition coefficient (Wildman–Crippen LogP) is 4.11. The third kappa shape index (κ3) is 1.93. The zero-order chi connectivity index (χ0) is 13.4. The maximum Gasteiger partial charge on any atom is 0.199 e. The molecule has 2 nitrogen and oxygen atoms in total. The molecule has 94 valence electrons. The number of fused-ring (bicyclic) bond motifs is 1. The molecule has 1 aromatic heterocycles. The SMILES string of the molecule is Cc1ccc(F)c(C(=O)c2coc3ccccc23)c1. The van der Waals surface area contributed by atoms with Crippen molar-refractivity contribution in [1.82, 2.24) is 0 Å². The molecule has 2 aromatic carbocycles. The van der Waals surface area contributed by atoms with Gasteiger partial charge >= 0.3 is 0 Å². The van der Waals surface area contributed by atoms with Crippen LogP contribution in [0.15, 0.2) is 53.1 Å². The topological polar surface area (TPSA) is 30.2 Å². The van der Waals surface area contributed by atoms with E-state index in [9.17, 15) is 9.18 Å². The minimum atomic E-state index is -0.513. The average Bonchev–Trinajstić information content (AvgIpc) is 2.84. The number of para-hydroxylation sites is 1. The lowest BCUT2D eigenvalue weighted by Crippen LogP contribution is -2.04. The molecule has 0 atom stereocenters. The van der Waals surface area contributed by atoms with Gasteiger partial charge in [-0.3, -0.25) is 4.79 Å². The van der Waals surface area contributed by atoms with E-state index in [0.29, 0.717) is 16.5 Å². The Hall–Kier alpha value is -2.42. The smallest absolute Gasteiger partial charge is 0.199 e. The van der Waals surface area contributed by atoms with Crippen LogP contribution in [0.3, 0.4) is 0 Å². The number of benzene rings is 2. The summed E-state index contributed by atoms with van der Waals surface area (Å²) in [7, 11) is 0. The quantitative estimate of drug-likeness (QED) is 0.644. The number of carbonyl (C=O) groups is 1. The molecule has 0 radical (unpaired) electrons. The van der Waals surface area contributed by atoms with Crippen LogP contribution in [0.25, 0.3) is 11.0 Å². The van der Waals surface area contributed by atoms with Crippen molar-refractivity contribution in [3.05, 3.63) is 71.2 Å². The summed E-state index contributed by atoms with van der Waals surface area (Å²) in [4.78, 5) is 12.4. The largest absolute Gasteiger partial charge is 0.464 e. The molecule has 0 unspecified atom stereocenters. The molecule has 0 aliphatic carbocycles.